The minimum Gasteiger partial charge on any atom is -0.494 e. The van der Waals surface area contributed by atoms with Crippen LogP contribution in [0.15, 0.2) is 40.9 Å². The molecule has 0 aromatic heterocycles. The number of carbonyl (C=O) groups excluding carboxylic acids is 1. The van der Waals surface area contributed by atoms with Gasteiger partial charge in [0.25, 0.3) is 5.91 Å². The lowest BCUT2D eigenvalue weighted by Gasteiger charge is -2.14. The van der Waals surface area contributed by atoms with Crippen molar-refractivity contribution in [3.05, 3.63) is 52.3 Å². The standard InChI is InChI=1S/C17H17BrFNO3/c1-3-22-12-6-8-16(23-4-2)15(10-12)20-17(21)13-9-11(19)5-7-14(13)18/h5-10H,3-4H2,1-2H3,(H,20,21). The van der Waals surface area contributed by atoms with E-state index in [0.29, 0.717) is 34.9 Å². The maximum atomic E-state index is 13.4. The summed E-state index contributed by atoms with van der Waals surface area (Å²) in [5.41, 5.74) is 0.674. The average Bonchev–Trinajstić information content (AvgIpc) is 2.52. The zero-order valence-corrected chi connectivity index (χ0v) is 14.4. The Bertz CT molecular complexity index is 706. The van der Waals surface area contributed by atoms with E-state index in [-0.39, 0.29) is 5.56 Å². The fourth-order valence-corrected chi connectivity index (χ4v) is 2.43. The molecule has 2 rings (SSSR count). The Morgan fingerprint density at radius 3 is 2.57 bits per heavy atom. The summed E-state index contributed by atoms with van der Waals surface area (Å²) >= 11 is 3.25. The first-order valence-electron chi connectivity index (χ1n) is 7.21. The highest BCUT2D eigenvalue weighted by molar-refractivity contribution is 9.10. The number of hydrogen-bond acceptors (Lipinski definition) is 3. The lowest BCUT2D eigenvalue weighted by atomic mass is 10.2. The number of nitrogens with one attached hydrogen (secondary N) is 1. The van der Waals surface area contributed by atoms with E-state index >= 15 is 0 Å². The molecule has 1 N–H and O–H groups in total. The van der Waals surface area contributed by atoms with Gasteiger partial charge in [-0.3, -0.25) is 4.79 Å². The molecule has 0 aliphatic rings. The molecule has 0 saturated carbocycles. The van der Waals surface area contributed by atoms with Crippen LogP contribution in [-0.4, -0.2) is 19.1 Å². The molecule has 0 bridgehead atoms. The van der Waals surface area contributed by atoms with Crippen LogP contribution >= 0.6 is 15.9 Å². The number of amides is 1. The summed E-state index contributed by atoms with van der Waals surface area (Å²) in [6, 6.07) is 9.12. The van der Waals surface area contributed by atoms with Crippen LogP contribution < -0.4 is 14.8 Å². The SMILES string of the molecule is CCOc1ccc(OCC)c(NC(=O)c2cc(F)ccc2Br)c1. The van der Waals surface area contributed by atoms with E-state index in [4.69, 9.17) is 9.47 Å². The molecule has 0 aliphatic carbocycles. The number of hydrogen-bond donors (Lipinski definition) is 1. The maximum absolute atomic E-state index is 13.4. The van der Waals surface area contributed by atoms with E-state index in [1.165, 1.54) is 18.2 Å². The minimum atomic E-state index is -0.480. The Hall–Kier alpha value is -2.08. The van der Waals surface area contributed by atoms with Crippen molar-refractivity contribution in [1.29, 1.82) is 0 Å². The van der Waals surface area contributed by atoms with Gasteiger partial charge in [-0.05, 0) is 60.1 Å². The molecule has 0 spiro atoms. The van der Waals surface area contributed by atoms with Crippen LogP contribution in [0.1, 0.15) is 24.2 Å². The Morgan fingerprint density at radius 1 is 1.13 bits per heavy atom. The van der Waals surface area contributed by atoms with Crippen molar-refractivity contribution in [2.75, 3.05) is 18.5 Å². The highest BCUT2D eigenvalue weighted by Crippen LogP contribution is 2.30. The second kappa shape index (κ2) is 7.97. The van der Waals surface area contributed by atoms with Crippen LogP contribution in [0.25, 0.3) is 0 Å². The summed E-state index contributed by atoms with van der Waals surface area (Å²) in [5.74, 6) is 0.221. The third kappa shape index (κ3) is 4.45. The van der Waals surface area contributed by atoms with Crippen molar-refractivity contribution in [2.24, 2.45) is 0 Å². The summed E-state index contributed by atoms with van der Waals surface area (Å²) in [5, 5.41) is 2.74. The molecule has 0 aliphatic heterocycles. The molecule has 6 heteroatoms. The predicted octanol–water partition coefficient (Wildman–Crippen LogP) is 4.64. The van der Waals surface area contributed by atoms with E-state index in [2.05, 4.69) is 21.2 Å². The first-order chi connectivity index (χ1) is 11.0. The zero-order chi connectivity index (χ0) is 16.8. The molecule has 0 fully saturated rings. The molecule has 0 heterocycles. The Kier molecular flexibility index (Phi) is 5.98. The highest BCUT2D eigenvalue weighted by Gasteiger charge is 2.14. The largest absolute Gasteiger partial charge is 0.494 e. The van der Waals surface area contributed by atoms with Gasteiger partial charge in [0.15, 0.2) is 0 Å². The van der Waals surface area contributed by atoms with Crippen LogP contribution in [0, 0.1) is 5.82 Å². The van der Waals surface area contributed by atoms with Gasteiger partial charge in [-0.1, -0.05) is 0 Å². The van der Waals surface area contributed by atoms with Crippen molar-refractivity contribution in [3.8, 4) is 11.5 Å². The number of anilines is 1. The molecule has 4 nitrogen and oxygen atoms in total. The van der Waals surface area contributed by atoms with Gasteiger partial charge in [-0.15, -0.1) is 0 Å². The van der Waals surface area contributed by atoms with Gasteiger partial charge in [-0.2, -0.15) is 0 Å². The van der Waals surface area contributed by atoms with Gasteiger partial charge in [-0.25, -0.2) is 4.39 Å². The fourth-order valence-electron chi connectivity index (χ4n) is 2.01. The van der Waals surface area contributed by atoms with Crippen molar-refractivity contribution in [1.82, 2.24) is 0 Å². The molecule has 0 saturated heterocycles. The molecular weight excluding hydrogens is 365 g/mol. The summed E-state index contributed by atoms with van der Waals surface area (Å²) in [6.45, 7) is 4.70. The van der Waals surface area contributed by atoms with Gasteiger partial charge in [0.2, 0.25) is 0 Å². The molecule has 1 amide bonds. The van der Waals surface area contributed by atoms with Crippen molar-refractivity contribution in [2.45, 2.75) is 13.8 Å². The maximum Gasteiger partial charge on any atom is 0.257 e. The second-order valence-electron chi connectivity index (χ2n) is 4.60. The van der Waals surface area contributed by atoms with Crippen LogP contribution in [0.4, 0.5) is 10.1 Å². The van der Waals surface area contributed by atoms with E-state index in [9.17, 15) is 9.18 Å². The Labute approximate surface area is 142 Å². The average molecular weight is 382 g/mol. The third-order valence-corrected chi connectivity index (χ3v) is 3.67. The number of carbonyl (C=O) groups is 1. The summed E-state index contributed by atoms with van der Waals surface area (Å²) in [4.78, 5) is 12.4. The smallest absolute Gasteiger partial charge is 0.257 e. The van der Waals surface area contributed by atoms with Crippen LogP contribution in [0.2, 0.25) is 0 Å². The van der Waals surface area contributed by atoms with Crippen LogP contribution in [0.3, 0.4) is 0 Å². The van der Waals surface area contributed by atoms with Crippen molar-refractivity contribution < 1.29 is 18.7 Å². The van der Waals surface area contributed by atoms with E-state index < -0.39 is 11.7 Å². The Balaban J connectivity index is 2.31. The zero-order valence-electron chi connectivity index (χ0n) is 12.9. The highest BCUT2D eigenvalue weighted by atomic mass is 79.9. The molecule has 122 valence electrons. The predicted molar refractivity (Wildman–Crippen MR) is 90.8 cm³/mol. The monoisotopic (exact) mass is 381 g/mol. The lowest BCUT2D eigenvalue weighted by molar-refractivity contribution is 0.102. The number of ether oxygens (including phenoxy) is 2. The van der Waals surface area contributed by atoms with Crippen molar-refractivity contribution in [3.63, 3.8) is 0 Å². The van der Waals surface area contributed by atoms with Gasteiger partial charge < -0.3 is 14.8 Å². The van der Waals surface area contributed by atoms with Gasteiger partial charge >= 0.3 is 0 Å². The first kappa shape index (κ1) is 17.3. The van der Waals surface area contributed by atoms with Crippen LogP contribution in [-0.2, 0) is 0 Å². The number of halogens is 2. The normalized spacial score (nSPS) is 10.3. The molecule has 2 aromatic carbocycles. The lowest BCUT2D eigenvalue weighted by Crippen LogP contribution is -2.14. The summed E-state index contributed by atoms with van der Waals surface area (Å²) in [6.07, 6.45) is 0. The molecule has 23 heavy (non-hydrogen) atoms. The summed E-state index contributed by atoms with van der Waals surface area (Å²) < 4.78 is 24.8. The number of benzene rings is 2. The molecule has 0 radical (unpaired) electrons. The van der Waals surface area contributed by atoms with Gasteiger partial charge in [0, 0.05) is 10.5 Å². The van der Waals surface area contributed by atoms with E-state index in [1.54, 1.807) is 18.2 Å². The second-order valence-corrected chi connectivity index (χ2v) is 5.46. The van der Waals surface area contributed by atoms with E-state index in [1.807, 2.05) is 13.8 Å². The molecular formula is C17H17BrFNO3. The van der Waals surface area contributed by atoms with Crippen molar-refractivity contribution >= 4 is 27.5 Å². The third-order valence-electron chi connectivity index (χ3n) is 2.98. The van der Waals surface area contributed by atoms with Crippen LogP contribution in [0.5, 0.6) is 11.5 Å². The molecule has 0 unspecified atom stereocenters. The van der Waals surface area contributed by atoms with Gasteiger partial charge in [0.1, 0.15) is 17.3 Å². The molecule has 2 aromatic rings. The quantitative estimate of drug-likeness (QED) is 0.792. The first-order valence-corrected chi connectivity index (χ1v) is 8.00. The Morgan fingerprint density at radius 2 is 1.87 bits per heavy atom. The van der Waals surface area contributed by atoms with Gasteiger partial charge in [0.05, 0.1) is 24.5 Å². The molecule has 0 atom stereocenters. The number of rotatable bonds is 6. The fraction of sp³-hybridized carbons (Fsp3) is 0.235. The minimum absolute atomic E-state index is 0.203. The summed E-state index contributed by atoms with van der Waals surface area (Å²) in [7, 11) is 0. The van der Waals surface area contributed by atoms with E-state index in [0.717, 1.165) is 0 Å². The topological polar surface area (TPSA) is 47.6 Å².